The second kappa shape index (κ2) is 9.35. The van der Waals surface area contributed by atoms with E-state index in [0.29, 0.717) is 15.8 Å². The van der Waals surface area contributed by atoms with Gasteiger partial charge in [-0.2, -0.15) is 0 Å². The van der Waals surface area contributed by atoms with E-state index in [1.807, 2.05) is 37.3 Å². The van der Waals surface area contributed by atoms with E-state index in [4.69, 9.17) is 11.6 Å². The number of para-hydroxylation sites is 1. The molecule has 4 aromatic rings. The van der Waals surface area contributed by atoms with Crippen LogP contribution < -0.4 is 15.3 Å². The van der Waals surface area contributed by atoms with Crippen LogP contribution in [-0.4, -0.2) is 62.6 Å². The molecule has 0 unspecified atom stereocenters. The predicted molar refractivity (Wildman–Crippen MR) is 139 cm³/mol. The number of imidazole rings is 1. The van der Waals surface area contributed by atoms with E-state index in [9.17, 15) is 13.2 Å². The number of aromatic amines is 2. The van der Waals surface area contributed by atoms with Gasteiger partial charge in [0.25, 0.3) is 0 Å². The van der Waals surface area contributed by atoms with Crippen LogP contribution in [0, 0.1) is 6.92 Å². The molecule has 0 radical (unpaired) electrons. The van der Waals surface area contributed by atoms with E-state index < -0.39 is 10.0 Å². The molecule has 0 saturated carbocycles. The van der Waals surface area contributed by atoms with E-state index in [1.165, 1.54) is 11.3 Å². The number of thiophene rings is 1. The Bertz CT molecular complexity index is 1500. The lowest BCUT2D eigenvalue weighted by Crippen LogP contribution is -2.47. The van der Waals surface area contributed by atoms with Gasteiger partial charge >= 0.3 is 5.69 Å². The van der Waals surface area contributed by atoms with Crippen molar-refractivity contribution >= 4 is 59.8 Å². The largest absolute Gasteiger partial charge is 0.367 e. The highest BCUT2D eigenvalue weighted by atomic mass is 35.5. The summed E-state index contributed by atoms with van der Waals surface area (Å²) in [5.41, 5.74) is 3.23. The van der Waals surface area contributed by atoms with E-state index >= 15 is 0 Å². The van der Waals surface area contributed by atoms with E-state index in [0.717, 1.165) is 71.5 Å². The van der Waals surface area contributed by atoms with Crippen molar-refractivity contribution in [3.8, 4) is 0 Å². The third kappa shape index (κ3) is 4.60. The smallest absolute Gasteiger partial charge is 0.323 e. The lowest BCUT2D eigenvalue weighted by atomic mass is 10.2. The summed E-state index contributed by atoms with van der Waals surface area (Å²) in [5.74, 6) is 0. The number of hydrogen-bond donors (Lipinski definition) is 3. The Kier molecular flexibility index (Phi) is 6.43. The van der Waals surface area contributed by atoms with Gasteiger partial charge in [0.1, 0.15) is 4.21 Å². The number of aromatic nitrogens is 2. The molecule has 5 rings (SSSR count). The van der Waals surface area contributed by atoms with Crippen molar-refractivity contribution in [3.63, 3.8) is 0 Å². The fourth-order valence-corrected chi connectivity index (χ4v) is 7.56. The summed E-state index contributed by atoms with van der Waals surface area (Å²) < 4.78 is 29.8. The van der Waals surface area contributed by atoms with E-state index in [1.54, 1.807) is 6.07 Å². The van der Waals surface area contributed by atoms with E-state index in [2.05, 4.69) is 24.5 Å². The van der Waals surface area contributed by atoms with Gasteiger partial charge < -0.3 is 14.9 Å². The number of nitrogens with zero attached hydrogens (tertiary/aromatic N) is 2. The third-order valence-electron chi connectivity index (χ3n) is 6.28. The minimum Gasteiger partial charge on any atom is -0.367 e. The van der Waals surface area contributed by atoms with Crippen LogP contribution in [0.3, 0.4) is 0 Å². The summed E-state index contributed by atoms with van der Waals surface area (Å²) in [7, 11) is -3.57. The lowest BCUT2D eigenvalue weighted by Gasteiger charge is -2.36. The maximum Gasteiger partial charge on any atom is 0.323 e. The number of sulfonamides is 1. The molecule has 8 nitrogen and oxygen atoms in total. The summed E-state index contributed by atoms with van der Waals surface area (Å²) in [5, 5.41) is 1.48. The third-order valence-corrected chi connectivity index (χ3v) is 9.87. The van der Waals surface area contributed by atoms with Crippen LogP contribution in [0.4, 0.5) is 5.69 Å². The van der Waals surface area contributed by atoms with E-state index in [-0.39, 0.29) is 5.69 Å². The van der Waals surface area contributed by atoms with Crippen molar-refractivity contribution in [2.45, 2.75) is 17.6 Å². The zero-order chi connectivity index (χ0) is 23.9. The monoisotopic (exact) mass is 519 g/mol. The van der Waals surface area contributed by atoms with Gasteiger partial charge in [0.15, 0.2) is 0 Å². The highest BCUT2D eigenvalue weighted by Crippen LogP contribution is 2.35. The Balaban J connectivity index is 1.14. The Hall–Kier alpha value is -2.37. The van der Waals surface area contributed by atoms with Gasteiger partial charge in [-0.05, 0) is 61.2 Å². The first-order chi connectivity index (χ1) is 16.3. The molecule has 0 aliphatic carbocycles. The van der Waals surface area contributed by atoms with Crippen LogP contribution in [0.15, 0.2) is 45.4 Å². The van der Waals surface area contributed by atoms with Gasteiger partial charge in [-0.15, -0.1) is 11.3 Å². The molecule has 1 aliphatic rings. The van der Waals surface area contributed by atoms with Crippen LogP contribution in [0.2, 0.25) is 5.02 Å². The first-order valence-electron chi connectivity index (χ1n) is 11.2. The summed E-state index contributed by atoms with van der Waals surface area (Å²) in [6, 6.07) is 11.3. The molecule has 0 spiro atoms. The summed E-state index contributed by atoms with van der Waals surface area (Å²) >= 11 is 7.35. The topological polar surface area (TPSA) is 101 Å². The van der Waals surface area contributed by atoms with Gasteiger partial charge in [-0.25, -0.2) is 17.9 Å². The number of benzene rings is 2. The minimum atomic E-state index is -3.57. The van der Waals surface area contributed by atoms with Crippen LogP contribution in [0.1, 0.15) is 12.0 Å². The van der Waals surface area contributed by atoms with Crippen molar-refractivity contribution in [2.75, 3.05) is 44.2 Å². The first-order valence-corrected chi connectivity index (χ1v) is 13.9. The number of rotatable bonds is 7. The maximum absolute atomic E-state index is 12.9. The zero-order valence-electron chi connectivity index (χ0n) is 18.7. The summed E-state index contributed by atoms with van der Waals surface area (Å²) in [6.45, 7) is 6.50. The van der Waals surface area contributed by atoms with Gasteiger partial charge in [-0.1, -0.05) is 17.7 Å². The fourth-order valence-electron chi connectivity index (χ4n) is 4.52. The normalized spacial score (nSPS) is 15.5. The number of anilines is 1. The number of halogens is 1. The average molecular weight is 520 g/mol. The van der Waals surface area contributed by atoms with Crippen molar-refractivity contribution < 1.29 is 8.42 Å². The van der Waals surface area contributed by atoms with Crippen LogP contribution >= 0.6 is 22.9 Å². The number of hydrogen-bond acceptors (Lipinski definition) is 6. The minimum absolute atomic E-state index is 0.196. The molecule has 1 saturated heterocycles. The number of H-pyrrole nitrogens is 2. The van der Waals surface area contributed by atoms with Crippen LogP contribution in [0.25, 0.3) is 21.1 Å². The number of nitrogens with one attached hydrogen (secondary N) is 3. The SMILES string of the molecule is Cc1c(S(=O)(=O)NCCCN2CCN(c3cccc4[nH]c(=O)[nH]c34)CC2)sc2ccc(Cl)cc12. The number of piperazine rings is 1. The van der Waals surface area contributed by atoms with Crippen molar-refractivity contribution in [1.82, 2.24) is 19.6 Å². The first kappa shape index (κ1) is 23.4. The van der Waals surface area contributed by atoms with Crippen molar-refractivity contribution in [1.29, 1.82) is 0 Å². The molecule has 3 heterocycles. The molecule has 0 amide bonds. The van der Waals surface area contributed by atoms with Crippen molar-refractivity contribution in [2.24, 2.45) is 0 Å². The molecule has 0 atom stereocenters. The Morgan fingerprint density at radius 3 is 2.71 bits per heavy atom. The standard InChI is InChI=1S/C23H26ClN5O3S2/c1-15-17-14-16(24)6-7-20(17)33-22(15)34(31,32)25-8-3-9-28-10-12-29(13-11-28)19-5-2-4-18-21(19)27-23(30)26-18/h2,4-7,14,25H,3,8-13H2,1H3,(H2,26,27,30). The molecule has 0 bridgehead atoms. The second-order valence-electron chi connectivity index (χ2n) is 8.51. The average Bonchev–Trinajstić information content (AvgIpc) is 3.36. The Morgan fingerprint density at radius 1 is 1.12 bits per heavy atom. The highest BCUT2D eigenvalue weighted by molar-refractivity contribution is 7.91. The zero-order valence-corrected chi connectivity index (χ0v) is 21.1. The molecule has 34 heavy (non-hydrogen) atoms. The van der Waals surface area contributed by atoms with Gasteiger partial charge in [0, 0.05) is 42.4 Å². The van der Waals surface area contributed by atoms with Gasteiger partial charge in [0.05, 0.1) is 16.7 Å². The Labute approximate surface area is 206 Å². The molecule has 3 N–H and O–H groups in total. The maximum atomic E-state index is 12.9. The quantitative estimate of drug-likeness (QED) is 0.324. The van der Waals surface area contributed by atoms with Gasteiger partial charge in [-0.3, -0.25) is 4.90 Å². The second-order valence-corrected chi connectivity index (χ2v) is 12.0. The molecular formula is C23H26ClN5O3S2. The van der Waals surface area contributed by atoms with Gasteiger partial charge in [0.2, 0.25) is 10.0 Å². The Morgan fingerprint density at radius 2 is 1.91 bits per heavy atom. The lowest BCUT2D eigenvalue weighted by molar-refractivity contribution is 0.255. The predicted octanol–water partition coefficient (Wildman–Crippen LogP) is 3.52. The highest BCUT2D eigenvalue weighted by Gasteiger charge is 2.22. The van der Waals surface area contributed by atoms with Crippen molar-refractivity contribution in [3.05, 3.63) is 57.5 Å². The fraction of sp³-hybridized carbons (Fsp3) is 0.348. The van der Waals surface area contributed by atoms with Crippen LogP contribution in [0.5, 0.6) is 0 Å². The molecule has 11 heteroatoms. The molecule has 1 aliphatic heterocycles. The van der Waals surface area contributed by atoms with Crippen LogP contribution in [-0.2, 0) is 10.0 Å². The summed E-state index contributed by atoms with van der Waals surface area (Å²) in [6.07, 6.45) is 0.732. The molecular weight excluding hydrogens is 494 g/mol. The molecule has 2 aromatic heterocycles. The summed E-state index contributed by atoms with van der Waals surface area (Å²) in [4.78, 5) is 22.0. The molecule has 180 valence electrons. The number of fused-ring (bicyclic) bond motifs is 2. The number of aryl methyl sites for hydroxylation is 1. The molecule has 2 aromatic carbocycles. The molecule has 1 fully saturated rings.